The van der Waals surface area contributed by atoms with Gasteiger partial charge in [0.1, 0.15) is 18.0 Å². The summed E-state index contributed by atoms with van der Waals surface area (Å²) in [5, 5.41) is 2.79. The summed E-state index contributed by atoms with van der Waals surface area (Å²) in [5.41, 5.74) is 0.950. The van der Waals surface area contributed by atoms with Gasteiger partial charge in [-0.3, -0.25) is 14.2 Å². The number of carbonyl (C=O) groups is 1. The number of benzene rings is 1. The van der Waals surface area contributed by atoms with E-state index in [1.807, 2.05) is 0 Å². The maximum Gasteiger partial charge on any atom is 0.255 e. The zero-order valence-electron chi connectivity index (χ0n) is 15.8. The number of ether oxygens (including phenoxy) is 2. The minimum atomic E-state index is -0.321. The van der Waals surface area contributed by atoms with Gasteiger partial charge in [0, 0.05) is 48.7 Å². The molecule has 0 aliphatic carbocycles. The summed E-state index contributed by atoms with van der Waals surface area (Å²) >= 11 is 0. The van der Waals surface area contributed by atoms with Crippen LogP contribution < -0.4 is 25.2 Å². The highest BCUT2D eigenvalue weighted by Crippen LogP contribution is 2.26. The Hall–Kier alpha value is -3.03. The van der Waals surface area contributed by atoms with Gasteiger partial charge in [-0.15, -0.1) is 0 Å². The average molecular weight is 372 g/mol. The molecule has 0 atom stereocenters. The Balaban J connectivity index is 1.83. The van der Waals surface area contributed by atoms with Crippen LogP contribution in [0.4, 0.5) is 11.6 Å². The number of carbonyl (C=O) groups excluding carboxylic acids is 1. The maximum atomic E-state index is 12.6. The number of aromatic nitrogens is 2. The molecule has 0 bridgehead atoms. The highest BCUT2D eigenvalue weighted by molar-refractivity contribution is 5.91. The van der Waals surface area contributed by atoms with Gasteiger partial charge in [0.15, 0.2) is 0 Å². The molecule has 0 unspecified atom stereocenters. The molecule has 144 valence electrons. The van der Waals surface area contributed by atoms with Gasteiger partial charge >= 0.3 is 0 Å². The van der Waals surface area contributed by atoms with Crippen molar-refractivity contribution in [2.45, 2.75) is 26.3 Å². The standard InChI is InChI=1S/C19H24N4O4/c1-13-8-18(25)23(19(20-13)22-6-4-5-7-22)12-17(24)21-14-9-15(26-2)11-16(10-14)27-3/h8-11H,4-7,12H2,1-3H3,(H,21,24). The second-order valence-electron chi connectivity index (χ2n) is 6.47. The van der Waals surface area contributed by atoms with Gasteiger partial charge in [-0.05, 0) is 19.8 Å². The van der Waals surface area contributed by atoms with Gasteiger partial charge < -0.3 is 19.7 Å². The third kappa shape index (κ3) is 4.39. The minimum Gasteiger partial charge on any atom is -0.497 e. The predicted octanol–water partition coefficient (Wildman–Crippen LogP) is 1.81. The van der Waals surface area contributed by atoms with Crippen molar-refractivity contribution in [3.63, 3.8) is 0 Å². The molecule has 2 aromatic rings. The second-order valence-corrected chi connectivity index (χ2v) is 6.47. The molecule has 27 heavy (non-hydrogen) atoms. The predicted molar refractivity (Wildman–Crippen MR) is 103 cm³/mol. The van der Waals surface area contributed by atoms with E-state index in [0.29, 0.717) is 28.8 Å². The van der Waals surface area contributed by atoms with Crippen molar-refractivity contribution >= 4 is 17.5 Å². The lowest BCUT2D eigenvalue weighted by Crippen LogP contribution is -2.34. The summed E-state index contributed by atoms with van der Waals surface area (Å²) < 4.78 is 11.8. The second kappa shape index (κ2) is 8.11. The summed E-state index contributed by atoms with van der Waals surface area (Å²) in [4.78, 5) is 31.6. The van der Waals surface area contributed by atoms with Crippen LogP contribution in [0.25, 0.3) is 0 Å². The first kappa shape index (κ1) is 18.8. The van der Waals surface area contributed by atoms with Crippen LogP contribution in [0.1, 0.15) is 18.5 Å². The zero-order chi connectivity index (χ0) is 19.4. The molecule has 1 N–H and O–H groups in total. The van der Waals surface area contributed by atoms with E-state index in [4.69, 9.17) is 9.47 Å². The summed E-state index contributed by atoms with van der Waals surface area (Å²) in [5.74, 6) is 1.36. The van der Waals surface area contributed by atoms with E-state index in [0.717, 1.165) is 25.9 Å². The van der Waals surface area contributed by atoms with E-state index in [-0.39, 0.29) is 18.0 Å². The summed E-state index contributed by atoms with van der Waals surface area (Å²) in [6.45, 7) is 3.35. The molecule has 1 amide bonds. The van der Waals surface area contributed by atoms with Crippen LogP contribution in [0.15, 0.2) is 29.1 Å². The molecule has 1 fully saturated rings. The molecule has 0 spiro atoms. The minimum absolute atomic E-state index is 0.114. The molecule has 1 saturated heterocycles. The van der Waals surface area contributed by atoms with Gasteiger partial charge in [-0.1, -0.05) is 0 Å². The third-order valence-electron chi connectivity index (χ3n) is 4.44. The zero-order valence-corrected chi connectivity index (χ0v) is 15.8. The van der Waals surface area contributed by atoms with Crippen LogP contribution in [0, 0.1) is 6.92 Å². The number of hydrogen-bond donors (Lipinski definition) is 1. The first-order valence-corrected chi connectivity index (χ1v) is 8.86. The number of aryl methyl sites for hydroxylation is 1. The molecule has 1 aromatic carbocycles. The monoisotopic (exact) mass is 372 g/mol. The molecule has 2 heterocycles. The van der Waals surface area contributed by atoms with E-state index < -0.39 is 0 Å². The molecule has 3 rings (SSSR count). The smallest absolute Gasteiger partial charge is 0.255 e. The molecule has 1 aromatic heterocycles. The number of amides is 1. The van der Waals surface area contributed by atoms with Crippen LogP contribution >= 0.6 is 0 Å². The van der Waals surface area contributed by atoms with Gasteiger partial charge in [-0.25, -0.2) is 4.98 Å². The largest absolute Gasteiger partial charge is 0.497 e. The van der Waals surface area contributed by atoms with E-state index in [1.54, 1.807) is 39.3 Å². The Morgan fingerprint density at radius 2 is 1.74 bits per heavy atom. The van der Waals surface area contributed by atoms with Crippen molar-refractivity contribution in [1.82, 2.24) is 9.55 Å². The molecule has 1 aliphatic rings. The van der Waals surface area contributed by atoms with E-state index in [9.17, 15) is 9.59 Å². The maximum absolute atomic E-state index is 12.6. The van der Waals surface area contributed by atoms with Crippen molar-refractivity contribution in [2.24, 2.45) is 0 Å². The fourth-order valence-corrected chi connectivity index (χ4v) is 3.14. The molecule has 8 heteroatoms. The van der Waals surface area contributed by atoms with E-state index in [2.05, 4.69) is 15.2 Å². The SMILES string of the molecule is COc1cc(NC(=O)Cn2c(N3CCCC3)nc(C)cc2=O)cc(OC)c1. The van der Waals surface area contributed by atoms with Crippen molar-refractivity contribution in [2.75, 3.05) is 37.5 Å². The molecule has 8 nitrogen and oxygen atoms in total. The van der Waals surface area contributed by atoms with Crippen molar-refractivity contribution in [3.05, 3.63) is 40.3 Å². The molecule has 0 radical (unpaired) electrons. The molecule has 0 saturated carbocycles. The van der Waals surface area contributed by atoms with Gasteiger partial charge in [0.05, 0.1) is 14.2 Å². The summed E-state index contributed by atoms with van der Waals surface area (Å²) in [6, 6.07) is 6.55. The van der Waals surface area contributed by atoms with Crippen molar-refractivity contribution in [1.29, 1.82) is 0 Å². The van der Waals surface area contributed by atoms with Crippen LogP contribution in [-0.2, 0) is 11.3 Å². The average Bonchev–Trinajstić information content (AvgIpc) is 3.17. The van der Waals surface area contributed by atoms with Gasteiger partial charge in [0.25, 0.3) is 5.56 Å². The van der Waals surface area contributed by atoms with Crippen molar-refractivity contribution < 1.29 is 14.3 Å². The number of methoxy groups -OCH3 is 2. The number of anilines is 2. The van der Waals surface area contributed by atoms with E-state index in [1.165, 1.54) is 10.6 Å². The lowest BCUT2D eigenvalue weighted by atomic mass is 10.2. The quantitative estimate of drug-likeness (QED) is 0.832. The highest BCUT2D eigenvalue weighted by Gasteiger charge is 2.20. The normalized spacial score (nSPS) is 13.5. The topological polar surface area (TPSA) is 85.7 Å². The fourth-order valence-electron chi connectivity index (χ4n) is 3.14. The van der Waals surface area contributed by atoms with Crippen LogP contribution in [0.5, 0.6) is 11.5 Å². The first-order chi connectivity index (χ1) is 13.0. The molecular formula is C19H24N4O4. The Morgan fingerprint density at radius 3 is 2.33 bits per heavy atom. The number of nitrogens with zero attached hydrogens (tertiary/aromatic N) is 3. The van der Waals surface area contributed by atoms with Gasteiger partial charge in [-0.2, -0.15) is 0 Å². The summed E-state index contributed by atoms with van der Waals surface area (Å²) in [6.07, 6.45) is 2.11. The lowest BCUT2D eigenvalue weighted by Gasteiger charge is -2.21. The van der Waals surface area contributed by atoms with Crippen LogP contribution in [0.3, 0.4) is 0 Å². The van der Waals surface area contributed by atoms with Crippen LogP contribution in [-0.4, -0.2) is 42.8 Å². The first-order valence-electron chi connectivity index (χ1n) is 8.86. The van der Waals surface area contributed by atoms with Crippen molar-refractivity contribution in [3.8, 4) is 11.5 Å². The Bertz CT molecular complexity index is 866. The van der Waals surface area contributed by atoms with Gasteiger partial charge in [0.2, 0.25) is 11.9 Å². The molecule has 1 aliphatic heterocycles. The Labute approximate surface area is 157 Å². The number of nitrogens with one attached hydrogen (secondary N) is 1. The molecular weight excluding hydrogens is 348 g/mol. The fraction of sp³-hybridized carbons (Fsp3) is 0.421. The van der Waals surface area contributed by atoms with Crippen LogP contribution in [0.2, 0.25) is 0 Å². The Kier molecular flexibility index (Phi) is 5.63. The summed E-state index contributed by atoms with van der Waals surface area (Å²) in [7, 11) is 3.08. The Morgan fingerprint density at radius 1 is 1.11 bits per heavy atom. The number of hydrogen-bond acceptors (Lipinski definition) is 6. The number of rotatable bonds is 6. The highest BCUT2D eigenvalue weighted by atomic mass is 16.5. The third-order valence-corrected chi connectivity index (χ3v) is 4.44. The van der Waals surface area contributed by atoms with E-state index >= 15 is 0 Å². The lowest BCUT2D eigenvalue weighted by molar-refractivity contribution is -0.116.